The number of amides is 2. The van der Waals surface area contributed by atoms with Crippen LogP contribution in [0.4, 0.5) is 0 Å². The van der Waals surface area contributed by atoms with Crippen LogP contribution in [-0.4, -0.2) is 53.5 Å². The molecule has 0 heterocycles. The van der Waals surface area contributed by atoms with Gasteiger partial charge in [-0.2, -0.15) is 0 Å². The van der Waals surface area contributed by atoms with Gasteiger partial charge in [-0.15, -0.1) is 0 Å². The summed E-state index contributed by atoms with van der Waals surface area (Å²) in [6, 6.07) is -2.71. The van der Waals surface area contributed by atoms with Crippen LogP contribution in [0.3, 0.4) is 0 Å². The van der Waals surface area contributed by atoms with Crippen molar-refractivity contribution in [3.8, 4) is 0 Å². The largest absolute Gasteiger partial charge is 0.480 e. The molecule has 162 valence electrons. The van der Waals surface area contributed by atoms with Crippen molar-refractivity contribution in [1.82, 2.24) is 16.0 Å². The standard InChI is InChI=1S/C18H36N6O4/c1-10(2)8-12(19)15(25)23-13(6-5-7-22-18(20)21)16(26)24-14(17(27)28)9-11(3)4/h10-14H,5-9,19H2,1-4H3,(H,23,25)(H,24,26)(H,27,28)(H4,20,21,22)/t12-,13-,14+/m1/s1. The Bertz CT molecular complexity index is 538. The highest BCUT2D eigenvalue weighted by atomic mass is 16.4. The summed E-state index contributed by atoms with van der Waals surface area (Å²) < 4.78 is 0. The first-order valence-corrected chi connectivity index (χ1v) is 9.61. The van der Waals surface area contributed by atoms with E-state index in [1.54, 1.807) is 0 Å². The van der Waals surface area contributed by atoms with Crippen LogP contribution in [0.1, 0.15) is 53.4 Å². The monoisotopic (exact) mass is 400 g/mol. The van der Waals surface area contributed by atoms with Crippen LogP contribution in [0.2, 0.25) is 0 Å². The predicted octanol–water partition coefficient (Wildman–Crippen LogP) is -0.277. The Morgan fingerprint density at radius 1 is 0.964 bits per heavy atom. The maximum absolute atomic E-state index is 12.6. The van der Waals surface area contributed by atoms with Gasteiger partial charge in [0.25, 0.3) is 0 Å². The van der Waals surface area contributed by atoms with Crippen LogP contribution < -0.4 is 27.4 Å². The third-order valence-electron chi connectivity index (χ3n) is 4.00. The van der Waals surface area contributed by atoms with Gasteiger partial charge in [-0.3, -0.25) is 15.0 Å². The van der Waals surface area contributed by atoms with E-state index in [1.165, 1.54) is 0 Å². The zero-order valence-corrected chi connectivity index (χ0v) is 17.2. The molecule has 2 amide bonds. The van der Waals surface area contributed by atoms with Crippen LogP contribution in [0, 0.1) is 17.2 Å². The second kappa shape index (κ2) is 12.9. The molecule has 0 bridgehead atoms. The minimum atomic E-state index is -1.12. The van der Waals surface area contributed by atoms with E-state index in [2.05, 4.69) is 16.0 Å². The van der Waals surface area contributed by atoms with Crippen molar-refractivity contribution in [2.45, 2.75) is 71.5 Å². The Hall–Kier alpha value is -2.36. The van der Waals surface area contributed by atoms with E-state index in [0.717, 1.165) is 0 Å². The van der Waals surface area contributed by atoms with Gasteiger partial charge >= 0.3 is 5.97 Å². The molecule has 0 aliphatic carbocycles. The Balaban J connectivity index is 5.06. The molecule has 0 unspecified atom stereocenters. The maximum Gasteiger partial charge on any atom is 0.326 e. The Labute approximate surface area is 166 Å². The number of carbonyl (C=O) groups is 3. The fourth-order valence-corrected chi connectivity index (χ4v) is 2.66. The molecule has 28 heavy (non-hydrogen) atoms. The van der Waals surface area contributed by atoms with Crippen molar-refractivity contribution < 1.29 is 19.5 Å². The third kappa shape index (κ3) is 11.4. The van der Waals surface area contributed by atoms with Crippen molar-refractivity contribution in [2.75, 3.05) is 6.54 Å². The summed E-state index contributed by atoms with van der Waals surface area (Å²) in [5.74, 6) is -2.04. The fourth-order valence-electron chi connectivity index (χ4n) is 2.66. The number of nitrogens with two attached hydrogens (primary N) is 2. The molecule has 0 aromatic carbocycles. The van der Waals surface area contributed by atoms with Gasteiger partial charge in [0, 0.05) is 6.54 Å². The van der Waals surface area contributed by atoms with E-state index in [0.29, 0.717) is 19.4 Å². The van der Waals surface area contributed by atoms with Gasteiger partial charge in [-0.1, -0.05) is 27.7 Å². The molecule has 0 radical (unpaired) electrons. The summed E-state index contributed by atoms with van der Waals surface area (Å²) in [7, 11) is 0. The van der Waals surface area contributed by atoms with Crippen LogP contribution in [0.25, 0.3) is 0 Å². The zero-order chi connectivity index (χ0) is 21.9. The molecule has 0 aromatic heterocycles. The summed E-state index contributed by atoms with van der Waals surface area (Å²) >= 11 is 0. The van der Waals surface area contributed by atoms with Crippen LogP contribution in [-0.2, 0) is 14.4 Å². The number of hydrogen-bond donors (Lipinski definition) is 7. The van der Waals surface area contributed by atoms with Crippen LogP contribution >= 0.6 is 0 Å². The summed E-state index contributed by atoms with van der Waals surface area (Å²) in [4.78, 5) is 36.4. The average Bonchev–Trinajstić information content (AvgIpc) is 2.55. The normalized spacial score (nSPS) is 14.2. The topological polar surface area (TPSA) is 183 Å². The average molecular weight is 401 g/mol. The Kier molecular flexibility index (Phi) is 11.8. The summed E-state index contributed by atoms with van der Waals surface area (Å²) in [6.45, 7) is 7.95. The molecule has 10 heteroatoms. The lowest BCUT2D eigenvalue weighted by atomic mass is 10.0. The highest BCUT2D eigenvalue weighted by Gasteiger charge is 2.28. The van der Waals surface area contributed by atoms with Gasteiger partial charge in [0.15, 0.2) is 5.96 Å². The first kappa shape index (κ1) is 25.6. The van der Waals surface area contributed by atoms with E-state index in [1.807, 2.05) is 27.7 Å². The van der Waals surface area contributed by atoms with E-state index in [-0.39, 0.29) is 30.6 Å². The van der Waals surface area contributed by atoms with Gasteiger partial charge < -0.3 is 32.5 Å². The van der Waals surface area contributed by atoms with Crippen molar-refractivity contribution >= 4 is 23.7 Å². The third-order valence-corrected chi connectivity index (χ3v) is 4.00. The number of aliphatic carboxylic acids is 1. The van der Waals surface area contributed by atoms with Crippen molar-refractivity contribution in [1.29, 1.82) is 5.41 Å². The Morgan fingerprint density at radius 2 is 1.50 bits per heavy atom. The molecule has 0 rings (SSSR count). The van der Waals surface area contributed by atoms with Gasteiger partial charge in [0.1, 0.15) is 12.1 Å². The number of nitrogens with one attached hydrogen (secondary N) is 4. The van der Waals surface area contributed by atoms with E-state index < -0.39 is 35.9 Å². The number of carboxylic acids is 1. The second-order valence-electron chi connectivity index (χ2n) is 7.81. The molecule has 0 spiro atoms. The number of rotatable bonds is 13. The fraction of sp³-hybridized carbons (Fsp3) is 0.778. The lowest BCUT2D eigenvalue weighted by molar-refractivity contribution is -0.142. The van der Waals surface area contributed by atoms with Crippen molar-refractivity contribution in [3.05, 3.63) is 0 Å². The second-order valence-corrected chi connectivity index (χ2v) is 7.81. The number of carboxylic acid groups (broad SMARTS) is 1. The minimum absolute atomic E-state index is 0.0775. The van der Waals surface area contributed by atoms with Crippen LogP contribution in [0.15, 0.2) is 0 Å². The summed E-state index contributed by atoms with van der Waals surface area (Å²) in [6.07, 6.45) is 1.44. The van der Waals surface area contributed by atoms with Crippen molar-refractivity contribution in [3.63, 3.8) is 0 Å². The van der Waals surface area contributed by atoms with Gasteiger partial charge in [0.05, 0.1) is 6.04 Å². The highest BCUT2D eigenvalue weighted by molar-refractivity contribution is 5.91. The molecule has 0 aliphatic rings. The number of carbonyl (C=O) groups excluding carboxylic acids is 2. The number of guanidine groups is 1. The highest BCUT2D eigenvalue weighted by Crippen LogP contribution is 2.08. The SMILES string of the molecule is CC(C)C[C@@H](N)C(=O)N[C@H](CCCNC(=N)N)C(=O)N[C@@H](CC(C)C)C(=O)O. The van der Waals surface area contributed by atoms with E-state index >= 15 is 0 Å². The van der Waals surface area contributed by atoms with Gasteiger partial charge in [0.2, 0.25) is 11.8 Å². The molecule has 9 N–H and O–H groups in total. The quantitative estimate of drug-likeness (QED) is 0.126. The molecule has 3 atom stereocenters. The lowest BCUT2D eigenvalue weighted by Crippen LogP contribution is -2.54. The zero-order valence-electron chi connectivity index (χ0n) is 17.2. The molecule has 0 saturated heterocycles. The van der Waals surface area contributed by atoms with Crippen molar-refractivity contribution in [2.24, 2.45) is 23.3 Å². The molecular formula is C18H36N6O4. The van der Waals surface area contributed by atoms with Gasteiger partial charge in [-0.05, 0) is 37.5 Å². The van der Waals surface area contributed by atoms with Gasteiger partial charge in [-0.25, -0.2) is 4.79 Å². The summed E-state index contributed by atoms with van der Waals surface area (Å²) in [5, 5.41) is 24.2. The first-order valence-electron chi connectivity index (χ1n) is 9.61. The van der Waals surface area contributed by atoms with E-state index in [4.69, 9.17) is 16.9 Å². The molecule has 0 fully saturated rings. The molecule has 0 saturated carbocycles. The lowest BCUT2D eigenvalue weighted by Gasteiger charge is -2.24. The molecule has 0 aliphatic heterocycles. The minimum Gasteiger partial charge on any atom is -0.480 e. The Morgan fingerprint density at radius 3 is 1.96 bits per heavy atom. The molecule has 10 nitrogen and oxygen atoms in total. The first-order chi connectivity index (χ1) is 12.9. The summed E-state index contributed by atoms with van der Waals surface area (Å²) in [5.41, 5.74) is 11.1. The maximum atomic E-state index is 12.6. The number of hydrogen-bond acceptors (Lipinski definition) is 5. The molecule has 0 aromatic rings. The van der Waals surface area contributed by atoms with E-state index in [9.17, 15) is 19.5 Å². The predicted molar refractivity (Wildman–Crippen MR) is 108 cm³/mol. The smallest absolute Gasteiger partial charge is 0.326 e. The van der Waals surface area contributed by atoms with Crippen LogP contribution in [0.5, 0.6) is 0 Å². The molecular weight excluding hydrogens is 364 g/mol.